The fourth-order valence-electron chi connectivity index (χ4n) is 6.30. The number of methoxy groups -OCH3 is 1. The summed E-state index contributed by atoms with van der Waals surface area (Å²) in [7, 11) is 1.40. The molecule has 2 aliphatic heterocycles. The fraction of sp³-hybridized carbons (Fsp3) is 0.481. The Bertz CT molecular complexity index is 1330. The van der Waals surface area contributed by atoms with Gasteiger partial charge in [-0.2, -0.15) is 5.10 Å². The van der Waals surface area contributed by atoms with E-state index in [1.165, 1.54) is 19.4 Å². The number of aromatic nitrogens is 4. The van der Waals surface area contributed by atoms with E-state index in [0.717, 1.165) is 50.4 Å². The Labute approximate surface area is 214 Å². The number of piperidine rings is 1. The second kappa shape index (κ2) is 8.58. The van der Waals surface area contributed by atoms with Gasteiger partial charge in [0.15, 0.2) is 17.5 Å². The van der Waals surface area contributed by atoms with Gasteiger partial charge in [0.1, 0.15) is 5.75 Å². The largest absolute Gasteiger partial charge is 0.507 e. The highest BCUT2D eigenvalue weighted by molar-refractivity contribution is 5.75. The maximum absolute atomic E-state index is 15.3. The number of fused-ring (bicyclic) bond motifs is 2. The van der Waals surface area contributed by atoms with E-state index in [-0.39, 0.29) is 39.3 Å². The smallest absolute Gasteiger partial charge is 0.233 e. The van der Waals surface area contributed by atoms with Gasteiger partial charge in [-0.05, 0) is 70.6 Å². The molecule has 3 fully saturated rings. The van der Waals surface area contributed by atoms with Crippen LogP contribution in [-0.2, 0) is 0 Å². The number of nitrogens with one attached hydrogen (secondary N) is 1. The highest BCUT2D eigenvalue weighted by Gasteiger charge is 2.51. The summed E-state index contributed by atoms with van der Waals surface area (Å²) < 4.78 is 35.4. The van der Waals surface area contributed by atoms with Crippen molar-refractivity contribution in [2.24, 2.45) is 0 Å². The van der Waals surface area contributed by atoms with Gasteiger partial charge in [0, 0.05) is 40.4 Å². The van der Waals surface area contributed by atoms with Crippen molar-refractivity contribution < 1.29 is 18.6 Å². The lowest BCUT2D eigenvalue weighted by Gasteiger charge is -2.46. The van der Waals surface area contributed by atoms with E-state index in [1.807, 2.05) is 0 Å². The molecule has 4 heterocycles. The van der Waals surface area contributed by atoms with Crippen molar-refractivity contribution in [2.75, 3.05) is 12.0 Å². The van der Waals surface area contributed by atoms with Crippen LogP contribution in [0.5, 0.6) is 11.6 Å². The molecule has 8 nitrogen and oxygen atoms in total. The summed E-state index contributed by atoms with van der Waals surface area (Å²) in [6, 6.07) is 6.73. The average Bonchev–Trinajstić information content (AvgIpc) is 3.67. The fourth-order valence-corrected chi connectivity index (χ4v) is 6.30. The van der Waals surface area contributed by atoms with Crippen LogP contribution in [0.4, 0.5) is 14.6 Å². The number of rotatable bonds is 6. The van der Waals surface area contributed by atoms with Crippen LogP contribution in [0.3, 0.4) is 0 Å². The average molecular weight is 509 g/mol. The van der Waals surface area contributed by atoms with E-state index in [4.69, 9.17) is 4.74 Å². The summed E-state index contributed by atoms with van der Waals surface area (Å²) in [4.78, 5) is 2.38. The second-order valence-electron chi connectivity index (χ2n) is 11.2. The summed E-state index contributed by atoms with van der Waals surface area (Å²) >= 11 is 0. The van der Waals surface area contributed by atoms with E-state index in [9.17, 15) is 5.11 Å². The molecule has 2 aromatic heterocycles. The molecule has 1 aliphatic carbocycles. The van der Waals surface area contributed by atoms with Gasteiger partial charge in [-0.15, -0.1) is 15.3 Å². The molecule has 3 atom stereocenters. The van der Waals surface area contributed by atoms with E-state index in [0.29, 0.717) is 12.1 Å². The van der Waals surface area contributed by atoms with Crippen LogP contribution in [-0.4, -0.2) is 55.8 Å². The standard InChI is InChI=1S/C27H30F2N6O2/c1-26-8-9-27(2,34-26)13-17(12-26)35(16-4-5-16)21-7-6-19(31-32-21)23-20(36)11-18(24(28)25(23)29)15-10-22(37-3)33-30-14-15/h6-7,10-11,14,16-17,34,36H,4-5,8-9,12-13H2,1-3H3/t17-,26-,27+. The van der Waals surface area contributed by atoms with E-state index in [1.54, 1.807) is 12.1 Å². The molecule has 3 aromatic rings. The van der Waals surface area contributed by atoms with Crippen LogP contribution < -0.4 is 15.0 Å². The number of nitrogens with zero attached hydrogens (tertiary/aromatic N) is 5. The minimum absolute atomic E-state index is 0.0645. The first-order valence-electron chi connectivity index (χ1n) is 12.7. The highest BCUT2D eigenvalue weighted by Crippen LogP contribution is 2.47. The number of hydrogen-bond acceptors (Lipinski definition) is 8. The van der Waals surface area contributed by atoms with E-state index < -0.39 is 17.4 Å². The Hall–Kier alpha value is -3.40. The zero-order chi connectivity index (χ0) is 25.9. The molecular formula is C27H30F2N6O2. The third-order valence-electron chi connectivity index (χ3n) is 8.05. The number of halogens is 2. The quantitative estimate of drug-likeness (QED) is 0.498. The van der Waals surface area contributed by atoms with Gasteiger partial charge in [-0.25, -0.2) is 8.78 Å². The second-order valence-corrected chi connectivity index (χ2v) is 11.2. The molecule has 0 spiro atoms. The monoisotopic (exact) mass is 508 g/mol. The normalized spacial score (nSPS) is 26.8. The topological polar surface area (TPSA) is 96.3 Å². The summed E-state index contributed by atoms with van der Waals surface area (Å²) in [5.74, 6) is -1.90. The number of phenolic OH excluding ortho intramolecular Hbond substituents is 1. The molecule has 2 bridgehead atoms. The molecule has 2 N–H and O–H groups in total. The minimum Gasteiger partial charge on any atom is -0.507 e. The SMILES string of the molecule is COc1cc(-c2cc(O)c(-c3ccc(N(C4CC4)[C@H]4C[C@]5(C)CC[C@](C)(C4)N5)nn3)c(F)c2F)cnn1. The van der Waals surface area contributed by atoms with Crippen LogP contribution in [0.2, 0.25) is 0 Å². The van der Waals surface area contributed by atoms with Gasteiger partial charge in [-0.1, -0.05) is 0 Å². The van der Waals surface area contributed by atoms with Crippen molar-refractivity contribution >= 4 is 5.82 Å². The lowest BCUT2D eigenvalue weighted by Crippen LogP contribution is -2.59. The molecule has 2 saturated heterocycles. The third-order valence-corrected chi connectivity index (χ3v) is 8.05. The van der Waals surface area contributed by atoms with Crippen molar-refractivity contribution in [3.05, 3.63) is 42.1 Å². The third kappa shape index (κ3) is 4.27. The zero-order valence-electron chi connectivity index (χ0n) is 21.1. The van der Waals surface area contributed by atoms with Crippen molar-refractivity contribution in [3.63, 3.8) is 0 Å². The first-order chi connectivity index (χ1) is 17.7. The molecular weight excluding hydrogens is 478 g/mol. The van der Waals surface area contributed by atoms with Crippen LogP contribution in [0, 0.1) is 11.6 Å². The van der Waals surface area contributed by atoms with Crippen molar-refractivity contribution in [3.8, 4) is 34.0 Å². The molecule has 3 aliphatic rings. The summed E-state index contributed by atoms with van der Waals surface area (Å²) in [5, 5.41) is 30.7. The first kappa shape index (κ1) is 24.0. The molecule has 194 valence electrons. The lowest BCUT2D eigenvalue weighted by atomic mass is 9.84. The van der Waals surface area contributed by atoms with Crippen LogP contribution in [0.25, 0.3) is 22.4 Å². The van der Waals surface area contributed by atoms with Gasteiger partial charge in [0.05, 0.1) is 24.6 Å². The number of anilines is 1. The maximum atomic E-state index is 15.3. The number of ether oxygens (including phenoxy) is 1. The van der Waals surface area contributed by atoms with Crippen molar-refractivity contribution in [1.82, 2.24) is 25.7 Å². The summed E-state index contributed by atoms with van der Waals surface area (Å²) in [6.45, 7) is 4.60. The molecule has 10 heteroatoms. The number of phenols is 1. The predicted octanol–water partition coefficient (Wildman–Crippen LogP) is 4.63. The molecule has 37 heavy (non-hydrogen) atoms. The van der Waals surface area contributed by atoms with Gasteiger partial charge < -0.3 is 20.1 Å². The first-order valence-corrected chi connectivity index (χ1v) is 12.7. The molecule has 0 unspecified atom stereocenters. The van der Waals surface area contributed by atoms with E-state index in [2.05, 4.69) is 44.5 Å². The Morgan fingerprint density at radius 3 is 2.35 bits per heavy atom. The number of hydrogen-bond donors (Lipinski definition) is 2. The van der Waals surface area contributed by atoms with Gasteiger partial charge in [-0.3, -0.25) is 0 Å². The van der Waals surface area contributed by atoms with Crippen molar-refractivity contribution in [1.29, 1.82) is 0 Å². The Kier molecular flexibility index (Phi) is 5.56. The Morgan fingerprint density at radius 1 is 1.00 bits per heavy atom. The highest BCUT2D eigenvalue weighted by atomic mass is 19.2. The van der Waals surface area contributed by atoms with Gasteiger partial charge >= 0.3 is 0 Å². The Morgan fingerprint density at radius 2 is 1.73 bits per heavy atom. The summed E-state index contributed by atoms with van der Waals surface area (Å²) in [5.41, 5.74) is 0.0346. The minimum atomic E-state index is -1.21. The van der Waals surface area contributed by atoms with Crippen LogP contribution in [0.1, 0.15) is 52.4 Å². The molecule has 0 radical (unpaired) electrons. The van der Waals surface area contributed by atoms with Crippen LogP contribution in [0.15, 0.2) is 30.5 Å². The molecule has 1 aromatic carbocycles. The summed E-state index contributed by atoms with van der Waals surface area (Å²) in [6.07, 6.45) is 7.86. The number of aromatic hydroxyl groups is 1. The van der Waals surface area contributed by atoms with Gasteiger partial charge in [0.25, 0.3) is 0 Å². The zero-order valence-corrected chi connectivity index (χ0v) is 21.1. The predicted molar refractivity (Wildman–Crippen MR) is 134 cm³/mol. The Balaban J connectivity index is 1.31. The maximum Gasteiger partial charge on any atom is 0.233 e. The number of benzene rings is 1. The molecule has 6 rings (SSSR count). The van der Waals surface area contributed by atoms with Gasteiger partial charge in [0.2, 0.25) is 5.88 Å². The van der Waals surface area contributed by atoms with E-state index >= 15 is 8.78 Å². The van der Waals surface area contributed by atoms with Crippen LogP contribution >= 0.6 is 0 Å². The molecule has 1 saturated carbocycles. The molecule has 0 amide bonds. The lowest BCUT2D eigenvalue weighted by molar-refractivity contribution is 0.203. The van der Waals surface area contributed by atoms with Crippen molar-refractivity contribution in [2.45, 2.75) is 75.5 Å².